The van der Waals surface area contributed by atoms with Gasteiger partial charge < -0.3 is 13.9 Å². The molecule has 28 heavy (non-hydrogen) atoms. The fourth-order valence-corrected chi connectivity index (χ4v) is 3.15. The number of ketones is 1. The quantitative estimate of drug-likeness (QED) is 0.307. The fraction of sp³-hybridized carbons (Fsp3) is 0.0909. The molecule has 0 radical (unpaired) electrons. The lowest BCUT2D eigenvalue weighted by atomic mass is 10.1. The third-order valence-corrected chi connectivity index (χ3v) is 4.88. The number of carbonyl (C=O) groups is 2. The summed E-state index contributed by atoms with van der Waals surface area (Å²) in [6, 6.07) is 13.6. The summed E-state index contributed by atoms with van der Waals surface area (Å²) in [5.74, 6) is 1.46. The van der Waals surface area contributed by atoms with E-state index in [1.165, 1.54) is 0 Å². The van der Waals surface area contributed by atoms with Gasteiger partial charge in [-0.3, -0.25) is 4.79 Å². The fourth-order valence-electron chi connectivity index (χ4n) is 2.88. The Labute approximate surface area is 169 Å². The molecule has 0 amide bonds. The number of benzene rings is 2. The van der Waals surface area contributed by atoms with Crippen molar-refractivity contribution in [2.24, 2.45) is 0 Å². The SMILES string of the molecule is Cc1ccc(/C=C2\Oc3c(ccc(OC(=O)c4ccc(Br)cc4)c3C)C2=O)o1. The Morgan fingerprint density at radius 2 is 1.79 bits per heavy atom. The molecule has 2 heterocycles. The molecule has 0 bridgehead atoms. The van der Waals surface area contributed by atoms with Gasteiger partial charge in [-0.1, -0.05) is 15.9 Å². The largest absolute Gasteiger partial charge is 0.462 e. The molecular weight excluding hydrogens is 424 g/mol. The van der Waals surface area contributed by atoms with Gasteiger partial charge in [-0.25, -0.2) is 4.79 Å². The average Bonchev–Trinajstić information content (AvgIpc) is 3.22. The van der Waals surface area contributed by atoms with Gasteiger partial charge in [-0.2, -0.15) is 0 Å². The van der Waals surface area contributed by atoms with Crippen LogP contribution >= 0.6 is 15.9 Å². The lowest BCUT2D eigenvalue weighted by molar-refractivity contribution is 0.0733. The van der Waals surface area contributed by atoms with Crippen molar-refractivity contribution in [3.8, 4) is 11.5 Å². The Kier molecular flexibility index (Phi) is 4.65. The monoisotopic (exact) mass is 438 g/mol. The summed E-state index contributed by atoms with van der Waals surface area (Å²) in [5, 5.41) is 0. The predicted molar refractivity (Wildman–Crippen MR) is 107 cm³/mol. The number of hydrogen-bond donors (Lipinski definition) is 0. The molecule has 0 saturated heterocycles. The molecule has 0 spiro atoms. The Morgan fingerprint density at radius 1 is 1.04 bits per heavy atom. The highest BCUT2D eigenvalue weighted by molar-refractivity contribution is 9.10. The number of esters is 1. The van der Waals surface area contributed by atoms with Crippen LogP contribution in [0.15, 0.2) is 63.2 Å². The van der Waals surface area contributed by atoms with Crippen LogP contribution in [0.4, 0.5) is 0 Å². The molecule has 1 aliphatic rings. The van der Waals surface area contributed by atoms with E-state index in [1.807, 2.05) is 13.0 Å². The van der Waals surface area contributed by atoms with Crippen molar-refractivity contribution in [2.45, 2.75) is 13.8 Å². The second-order valence-corrected chi connectivity index (χ2v) is 7.27. The highest BCUT2D eigenvalue weighted by Gasteiger charge is 2.31. The third-order valence-electron chi connectivity index (χ3n) is 4.35. The number of ether oxygens (including phenoxy) is 2. The molecule has 140 valence electrons. The van der Waals surface area contributed by atoms with Gasteiger partial charge in [0.25, 0.3) is 0 Å². The van der Waals surface area contributed by atoms with E-state index in [0.29, 0.717) is 33.9 Å². The van der Waals surface area contributed by atoms with E-state index < -0.39 is 5.97 Å². The van der Waals surface area contributed by atoms with Crippen molar-refractivity contribution in [1.29, 1.82) is 0 Å². The Bertz CT molecular complexity index is 1120. The summed E-state index contributed by atoms with van der Waals surface area (Å²) in [6.45, 7) is 3.57. The zero-order chi connectivity index (χ0) is 19.8. The summed E-state index contributed by atoms with van der Waals surface area (Å²) in [7, 11) is 0. The zero-order valence-corrected chi connectivity index (χ0v) is 16.7. The average molecular weight is 439 g/mol. The lowest BCUT2D eigenvalue weighted by Gasteiger charge is -2.10. The van der Waals surface area contributed by atoms with Crippen LogP contribution in [0.5, 0.6) is 11.5 Å². The molecule has 2 aromatic carbocycles. The van der Waals surface area contributed by atoms with E-state index in [4.69, 9.17) is 13.9 Å². The molecular formula is C22H15BrO5. The van der Waals surface area contributed by atoms with Crippen LogP contribution in [0.25, 0.3) is 6.08 Å². The zero-order valence-electron chi connectivity index (χ0n) is 15.1. The van der Waals surface area contributed by atoms with Crippen LogP contribution in [-0.4, -0.2) is 11.8 Å². The van der Waals surface area contributed by atoms with Gasteiger partial charge in [0, 0.05) is 16.1 Å². The number of halogens is 1. The van der Waals surface area contributed by atoms with Gasteiger partial charge in [0.15, 0.2) is 5.76 Å². The molecule has 0 fully saturated rings. The minimum Gasteiger partial charge on any atom is -0.462 e. The number of Topliss-reactive ketones (excluding diaryl/α,β-unsaturated/α-hetero) is 1. The molecule has 1 aromatic heterocycles. The molecule has 4 rings (SSSR count). The van der Waals surface area contributed by atoms with Crippen molar-refractivity contribution in [2.75, 3.05) is 0 Å². The molecule has 3 aromatic rings. The molecule has 0 unspecified atom stereocenters. The lowest BCUT2D eigenvalue weighted by Crippen LogP contribution is -2.09. The number of fused-ring (bicyclic) bond motifs is 1. The number of allylic oxidation sites excluding steroid dienone is 1. The standard InChI is InChI=1S/C22H15BrO5/c1-12-3-8-16(26-12)11-19-20(24)17-9-10-18(13(2)21(17)27-19)28-22(25)14-4-6-15(23)7-5-14/h3-11H,1-2H3/b19-11-. The first-order valence-corrected chi connectivity index (χ1v) is 9.34. The van der Waals surface area contributed by atoms with Gasteiger partial charge >= 0.3 is 5.97 Å². The second kappa shape index (κ2) is 7.13. The smallest absolute Gasteiger partial charge is 0.343 e. The van der Waals surface area contributed by atoms with Gasteiger partial charge in [0.1, 0.15) is 23.0 Å². The molecule has 0 N–H and O–H groups in total. The predicted octanol–water partition coefficient (Wildman–Crippen LogP) is 5.49. The van der Waals surface area contributed by atoms with Crippen molar-refractivity contribution >= 4 is 33.8 Å². The summed E-state index contributed by atoms with van der Waals surface area (Å²) >= 11 is 3.33. The van der Waals surface area contributed by atoms with Crippen LogP contribution in [0, 0.1) is 13.8 Å². The highest BCUT2D eigenvalue weighted by atomic mass is 79.9. The summed E-state index contributed by atoms with van der Waals surface area (Å²) in [6.07, 6.45) is 1.56. The number of rotatable bonds is 3. The Morgan fingerprint density at radius 3 is 2.46 bits per heavy atom. The van der Waals surface area contributed by atoms with Crippen LogP contribution < -0.4 is 9.47 Å². The molecule has 1 aliphatic heterocycles. The first-order valence-electron chi connectivity index (χ1n) is 8.54. The van der Waals surface area contributed by atoms with Crippen molar-refractivity contribution in [3.05, 3.63) is 87.0 Å². The maximum Gasteiger partial charge on any atom is 0.343 e. The van der Waals surface area contributed by atoms with Gasteiger partial charge in [-0.05, 0) is 62.4 Å². The van der Waals surface area contributed by atoms with E-state index in [9.17, 15) is 9.59 Å². The van der Waals surface area contributed by atoms with Gasteiger partial charge in [0.2, 0.25) is 5.78 Å². The summed E-state index contributed by atoms with van der Waals surface area (Å²) in [4.78, 5) is 25.0. The third kappa shape index (κ3) is 3.39. The number of aryl methyl sites for hydroxylation is 1. The van der Waals surface area contributed by atoms with Crippen molar-refractivity contribution in [1.82, 2.24) is 0 Å². The molecule has 0 aliphatic carbocycles. The number of hydrogen-bond acceptors (Lipinski definition) is 5. The van der Waals surface area contributed by atoms with Crippen LogP contribution in [-0.2, 0) is 0 Å². The summed E-state index contributed by atoms with van der Waals surface area (Å²) in [5.41, 5.74) is 1.43. The van der Waals surface area contributed by atoms with E-state index >= 15 is 0 Å². The number of furan rings is 1. The van der Waals surface area contributed by atoms with Crippen LogP contribution in [0.3, 0.4) is 0 Å². The van der Waals surface area contributed by atoms with E-state index in [1.54, 1.807) is 55.5 Å². The minimum atomic E-state index is -0.485. The van der Waals surface area contributed by atoms with E-state index in [-0.39, 0.29) is 11.5 Å². The van der Waals surface area contributed by atoms with Crippen molar-refractivity contribution in [3.63, 3.8) is 0 Å². The van der Waals surface area contributed by atoms with E-state index in [0.717, 1.165) is 10.2 Å². The first kappa shape index (κ1) is 18.3. The maximum atomic E-state index is 12.6. The molecule has 0 atom stereocenters. The number of carbonyl (C=O) groups excluding carboxylic acids is 2. The Balaban J connectivity index is 1.61. The van der Waals surface area contributed by atoms with Crippen LogP contribution in [0.1, 0.15) is 37.8 Å². The minimum absolute atomic E-state index is 0.170. The maximum absolute atomic E-state index is 12.6. The molecule has 0 saturated carbocycles. The van der Waals surface area contributed by atoms with Gasteiger partial charge in [-0.15, -0.1) is 0 Å². The highest BCUT2D eigenvalue weighted by Crippen LogP contribution is 2.39. The van der Waals surface area contributed by atoms with Crippen molar-refractivity contribution < 1.29 is 23.5 Å². The normalized spacial score (nSPS) is 14.1. The van der Waals surface area contributed by atoms with Crippen LogP contribution in [0.2, 0.25) is 0 Å². The summed E-state index contributed by atoms with van der Waals surface area (Å²) < 4.78 is 17.6. The van der Waals surface area contributed by atoms with Gasteiger partial charge in [0.05, 0.1) is 11.1 Å². The Hall–Kier alpha value is -3.12. The first-order chi connectivity index (χ1) is 13.4. The molecule has 5 nitrogen and oxygen atoms in total. The topological polar surface area (TPSA) is 65.7 Å². The second-order valence-electron chi connectivity index (χ2n) is 6.35. The molecule has 6 heteroatoms. The van der Waals surface area contributed by atoms with E-state index in [2.05, 4.69) is 15.9 Å².